The first-order valence-electron chi connectivity index (χ1n) is 21.7. The van der Waals surface area contributed by atoms with Crippen LogP contribution in [0.25, 0.3) is 21.5 Å². The Morgan fingerprint density at radius 3 is 1.17 bits per heavy atom. The summed E-state index contributed by atoms with van der Waals surface area (Å²) in [5, 5.41) is 10.4. The van der Waals surface area contributed by atoms with Crippen LogP contribution in [0, 0.1) is 0 Å². The van der Waals surface area contributed by atoms with Crippen LogP contribution in [0.5, 0.6) is 11.5 Å². The van der Waals surface area contributed by atoms with E-state index in [0.717, 1.165) is 0 Å². The Bertz CT molecular complexity index is 4260. The van der Waals surface area contributed by atoms with Crippen LogP contribution in [0.4, 0.5) is 46.5 Å². The van der Waals surface area contributed by atoms with Crippen molar-refractivity contribution in [2.24, 2.45) is 0 Å². The van der Waals surface area contributed by atoms with Crippen molar-refractivity contribution in [3.05, 3.63) is 139 Å². The van der Waals surface area contributed by atoms with E-state index in [2.05, 4.69) is 61.2 Å². The minimum absolute atomic E-state index is 0.0509. The predicted molar refractivity (Wildman–Crippen MR) is 283 cm³/mol. The van der Waals surface area contributed by atoms with E-state index < -0.39 is 94.7 Å². The first kappa shape index (κ1) is 52.6. The van der Waals surface area contributed by atoms with Crippen LogP contribution < -0.4 is 40.7 Å². The summed E-state index contributed by atoms with van der Waals surface area (Å²) >= 11 is 26.3. The number of ether oxygens (including phenoxy) is 2. The van der Waals surface area contributed by atoms with E-state index in [1.807, 2.05) is 0 Å². The molecule has 398 valence electrons. The Morgan fingerprint density at radius 1 is 0.449 bits per heavy atom. The number of nitrogens with one attached hydrogen (secondary N) is 6. The number of hydrogen-bond acceptors (Lipinski definition) is 20. The third-order valence-corrected chi connectivity index (χ3v) is 16.7. The zero-order valence-electron chi connectivity index (χ0n) is 38.1. The van der Waals surface area contributed by atoms with Crippen LogP contribution >= 0.6 is 46.4 Å². The molecule has 5 aromatic carbocycles. The lowest BCUT2D eigenvalue weighted by atomic mass is 10.0. The van der Waals surface area contributed by atoms with Gasteiger partial charge in [0.25, 0.3) is 51.8 Å². The highest BCUT2D eigenvalue weighted by Gasteiger charge is 2.49. The van der Waals surface area contributed by atoms with E-state index in [4.69, 9.17) is 55.9 Å². The summed E-state index contributed by atoms with van der Waals surface area (Å²) in [7, 11) is -20.1. The molecule has 0 spiro atoms. The fourth-order valence-electron chi connectivity index (χ4n) is 8.71. The summed E-state index contributed by atoms with van der Waals surface area (Å²) < 4.78 is 157. The molecule has 0 bridgehead atoms. The predicted octanol–water partition coefficient (Wildman–Crippen LogP) is 4.35. The summed E-state index contributed by atoms with van der Waals surface area (Å²) in [5.74, 6) is -2.16. The van der Waals surface area contributed by atoms with Crippen LogP contribution in [0.15, 0.2) is 128 Å². The molecule has 0 amide bonds. The number of fused-ring (bicyclic) bond motifs is 6. The topological polar surface area (TPSA) is 389 Å². The molecule has 78 heavy (non-hydrogen) atoms. The fraction of sp³-hybridized carbons (Fsp3) is 0.0455. The molecule has 4 aliphatic rings. The van der Waals surface area contributed by atoms with Crippen molar-refractivity contribution in [2.75, 3.05) is 21.3 Å². The number of benzene rings is 5. The quantitative estimate of drug-likeness (QED) is 0.0760. The third-order valence-electron chi connectivity index (χ3n) is 11.8. The number of nitrogens with zero attached hydrogens (tertiary/aromatic N) is 6. The van der Waals surface area contributed by atoms with E-state index in [1.54, 1.807) is 48.5 Å². The lowest BCUT2D eigenvalue weighted by Crippen LogP contribution is -2.74. The molecular formula is C44H28Cl4N12O14S4+2. The molecule has 0 saturated carbocycles. The fourth-order valence-corrected chi connectivity index (χ4v) is 13.0. The number of aromatic nitrogens is 6. The zero-order chi connectivity index (χ0) is 55.4. The van der Waals surface area contributed by atoms with E-state index in [1.165, 1.54) is 48.6 Å². The van der Waals surface area contributed by atoms with E-state index in [-0.39, 0.29) is 89.8 Å². The number of allylic oxidation sites excluding steroid dienone is 2. The second-order valence-corrected chi connectivity index (χ2v) is 23.6. The largest absolute Gasteiger partial charge is 0.465 e. The highest BCUT2D eigenvalue weighted by molar-refractivity contribution is 7.90. The van der Waals surface area contributed by atoms with Gasteiger partial charge in [-0.1, -0.05) is 83.9 Å². The van der Waals surface area contributed by atoms with Gasteiger partial charge in [-0.25, -0.2) is 9.98 Å². The number of anilines is 6. The highest BCUT2D eigenvalue weighted by atomic mass is 35.5. The third kappa shape index (κ3) is 9.81. The lowest BCUT2D eigenvalue weighted by Gasteiger charge is -2.29. The maximum absolute atomic E-state index is 13.3. The maximum Gasteiger partial charge on any atom is 0.297 e. The first-order chi connectivity index (χ1) is 36.8. The lowest BCUT2D eigenvalue weighted by molar-refractivity contribution is -0.369. The highest BCUT2D eigenvalue weighted by Crippen LogP contribution is 2.51. The molecule has 0 radical (unpaired) electrons. The monoisotopic (exact) mass is 1220 g/mol. The van der Waals surface area contributed by atoms with Crippen molar-refractivity contribution in [1.29, 1.82) is 0 Å². The number of hydrogen-bond donors (Lipinski definition) is 10. The van der Waals surface area contributed by atoms with Gasteiger partial charge in [0.05, 0.1) is 22.8 Å². The molecule has 2 aliphatic heterocycles. The number of rotatable bonds is 12. The van der Waals surface area contributed by atoms with Gasteiger partial charge < -0.3 is 30.7 Å². The Kier molecular flexibility index (Phi) is 12.9. The summed E-state index contributed by atoms with van der Waals surface area (Å²) in [6.45, 7) is 0. The van der Waals surface area contributed by atoms with Gasteiger partial charge in [-0.15, -0.1) is 0 Å². The second-order valence-electron chi connectivity index (χ2n) is 16.6. The van der Waals surface area contributed by atoms with Crippen molar-refractivity contribution >= 4 is 166 Å². The number of halogens is 4. The van der Waals surface area contributed by atoms with Crippen LogP contribution in [-0.4, -0.2) is 105 Å². The average molecular weight is 1220 g/mol. The van der Waals surface area contributed by atoms with Gasteiger partial charge in [-0.3, -0.25) is 18.2 Å². The molecule has 26 nitrogen and oxygen atoms in total. The Hall–Kier alpha value is -7.46. The molecule has 2 unspecified atom stereocenters. The zero-order valence-corrected chi connectivity index (χ0v) is 44.4. The van der Waals surface area contributed by atoms with Crippen LogP contribution in [0.2, 0.25) is 20.6 Å². The van der Waals surface area contributed by atoms with Gasteiger partial charge in [-0.2, -0.15) is 63.6 Å². The summed E-state index contributed by atoms with van der Waals surface area (Å²) in [5.41, 5.74) is -1.40. The smallest absolute Gasteiger partial charge is 0.297 e. The molecule has 10 N–H and O–H groups in total. The van der Waals surface area contributed by atoms with Crippen LogP contribution in [0.3, 0.4) is 0 Å². The molecular weight excluding hydrogens is 1190 g/mol. The van der Waals surface area contributed by atoms with E-state index in [9.17, 15) is 51.9 Å². The molecule has 2 aromatic heterocycles. The molecule has 11 rings (SSSR count). The first-order valence-corrected chi connectivity index (χ1v) is 28.9. The van der Waals surface area contributed by atoms with E-state index >= 15 is 0 Å². The van der Waals surface area contributed by atoms with Gasteiger partial charge in [-0.05, 0) is 58.3 Å². The Morgan fingerprint density at radius 2 is 0.808 bits per heavy atom. The second kappa shape index (κ2) is 19.2. The SMILES string of the molecule is O=S(=O)(O)C1=C(Nc2nc(Cl)nc(Nc3ccc4ccccc4c3S(=O)(=O)O)n2)C=CC2=[NH+]c3c(Cl)c4c(c(Cl)c3OC21)[NH+]=C1C=CC(Nc2nc(Cl)nc(Nc3ccc5ccccc5c3S(=O)(=O)O)n2)=C(S(=O)(=O)O)C1O4. The van der Waals surface area contributed by atoms with Crippen molar-refractivity contribution in [2.45, 2.75) is 22.0 Å². The molecule has 2 atom stereocenters. The van der Waals surface area contributed by atoms with Crippen molar-refractivity contribution in [3.63, 3.8) is 0 Å². The van der Waals surface area contributed by atoms with Gasteiger partial charge in [0.2, 0.25) is 69.5 Å². The van der Waals surface area contributed by atoms with Gasteiger partial charge >= 0.3 is 0 Å². The molecule has 0 fully saturated rings. The van der Waals surface area contributed by atoms with Crippen LogP contribution in [0.1, 0.15) is 0 Å². The molecule has 4 heterocycles. The summed E-state index contributed by atoms with van der Waals surface area (Å²) in [6.07, 6.45) is 1.60. The summed E-state index contributed by atoms with van der Waals surface area (Å²) in [6, 6.07) is 18.5. The Labute approximate surface area is 458 Å². The summed E-state index contributed by atoms with van der Waals surface area (Å²) in [4.78, 5) is 27.5. The van der Waals surface area contributed by atoms with Gasteiger partial charge in [0.1, 0.15) is 19.6 Å². The van der Waals surface area contributed by atoms with Crippen molar-refractivity contribution in [1.82, 2.24) is 29.9 Å². The minimum atomic E-state index is -5.23. The molecule has 7 aromatic rings. The molecule has 34 heteroatoms. The Balaban J connectivity index is 0.896. The van der Waals surface area contributed by atoms with Gasteiger partial charge in [0, 0.05) is 22.9 Å². The van der Waals surface area contributed by atoms with Gasteiger partial charge in [0.15, 0.2) is 10.0 Å². The minimum Gasteiger partial charge on any atom is -0.465 e. The van der Waals surface area contributed by atoms with Crippen LogP contribution in [-0.2, 0) is 40.5 Å². The average Bonchev–Trinajstić information content (AvgIpc) is 3.43. The molecule has 2 aliphatic carbocycles. The van der Waals surface area contributed by atoms with Crippen molar-refractivity contribution < 1.29 is 71.3 Å². The standard InChI is InChI=1S/C44H26Cl4N12O14S4/c45-27-30-34(74-32-22(50-30)14-16-26(38(32)78(70,71)72)54-44-58-40(48)56-42(60-44)52-24-12-10-18-6-2-4-8-20(18)36(24)76(64,65)66)28(46)29-33(27)73-31-21(49-29)13-15-25(37(31)77(67,68)69)53-43-57-39(47)55-41(59-43)51-23-11-9-17-5-1-3-7-19(17)35(23)75(61,62)63/h1-16,31-32H,(H,61,62,63)(H,64,65,66)(H,67,68,69)(H,70,71,72)(H2,51,53,55,57,59)(H2,52,54,56,58,60)/p+2. The normalized spacial score (nSPS) is 17.0. The van der Waals surface area contributed by atoms with E-state index in [0.29, 0.717) is 10.8 Å². The molecule has 0 saturated heterocycles. The maximum atomic E-state index is 13.3. The van der Waals surface area contributed by atoms with Crippen molar-refractivity contribution in [3.8, 4) is 11.5 Å².